The number of nitrogens with zero attached hydrogens (tertiary/aromatic N) is 2. The second kappa shape index (κ2) is 7.23. The van der Waals surface area contributed by atoms with E-state index >= 15 is 0 Å². The van der Waals surface area contributed by atoms with Gasteiger partial charge in [0.05, 0.1) is 23.0 Å². The minimum absolute atomic E-state index is 0.0801. The van der Waals surface area contributed by atoms with E-state index in [9.17, 15) is 14.0 Å². The van der Waals surface area contributed by atoms with Crippen molar-refractivity contribution in [3.8, 4) is 0 Å². The number of halogens is 2. The maximum Gasteiger partial charge on any atom is 0.244 e. The van der Waals surface area contributed by atoms with Crippen LogP contribution < -0.4 is 10.2 Å². The quantitative estimate of drug-likeness (QED) is 0.783. The van der Waals surface area contributed by atoms with Crippen LogP contribution in [0.5, 0.6) is 0 Å². The molecular formula is C20H17BrFN3O2. The summed E-state index contributed by atoms with van der Waals surface area (Å²) in [5, 5.41) is 2.55. The lowest BCUT2D eigenvalue weighted by molar-refractivity contribution is -0.123. The van der Waals surface area contributed by atoms with Crippen molar-refractivity contribution < 1.29 is 14.0 Å². The molecule has 1 atom stereocenters. The van der Waals surface area contributed by atoms with E-state index in [1.807, 2.05) is 18.2 Å². The van der Waals surface area contributed by atoms with Gasteiger partial charge in [-0.1, -0.05) is 28.1 Å². The third kappa shape index (κ3) is 3.51. The number of carbonyl (C=O) groups excluding carboxylic acids is 2. The molecule has 0 radical (unpaired) electrons. The maximum absolute atomic E-state index is 14.0. The van der Waals surface area contributed by atoms with Crippen LogP contribution in [0.1, 0.15) is 19.3 Å². The fourth-order valence-corrected chi connectivity index (χ4v) is 3.90. The van der Waals surface area contributed by atoms with E-state index in [2.05, 4.69) is 26.2 Å². The Balaban J connectivity index is 1.61. The van der Waals surface area contributed by atoms with Gasteiger partial charge in [0.1, 0.15) is 12.4 Å². The number of para-hydroxylation sites is 2. The third-order valence-electron chi connectivity index (χ3n) is 4.84. The molecule has 2 amide bonds. The highest BCUT2D eigenvalue weighted by Gasteiger charge is 2.37. The van der Waals surface area contributed by atoms with Gasteiger partial charge in [0.2, 0.25) is 11.8 Å². The van der Waals surface area contributed by atoms with E-state index in [4.69, 9.17) is 0 Å². The number of hydrogen-bond donors (Lipinski definition) is 1. The highest BCUT2D eigenvalue weighted by Crippen LogP contribution is 2.37. The van der Waals surface area contributed by atoms with Crippen molar-refractivity contribution in [2.45, 2.75) is 19.3 Å². The predicted molar refractivity (Wildman–Crippen MR) is 106 cm³/mol. The minimum atomic E-state index is -0.540. The SMILES string of the molecule is O=C(CN1C(=O)C2CCCC2=Nc2ccccc21)Nc1ccc(Br)cc1F. The molecule has 1 heterocycles. The Bertz CT molecular complexity index is 960. The number of aliphatic imine (C=N–C) groups is 1. The van der Waals surface area contributed by atoms with Crippen molar-refractivity contribution in [2.24, 2.45) is 10.9 Å². The van der Waals surface area contributed by atoms with E-state index < -0.39 is 11.7 Å². The summed E-state index contributed by atoms with van der Waals surface area (Å²) in [6, 6.07) is 11.7. The highest BCUT2D eigenvalue weighted by molar-refractivity contribution is 9.10. The average Bonchev–Trinajstić information content (AvgIpc) is 3.06. The molecule has 1 fully saturated rings. The molecule has 1 saturated carbocycles. The molecule has 4 rings (SSSR count). The maximum atomic E-state index is 14.0. The van der Waals surface area contributed by atoms with Gasteiger partial charge in [0.25, 0.3) is 0 Å². The first kappa shape index (κ1) is 17.9. The molecule has 1 aliphatic heterocycles. The Kier molecular flexibility index (Phi) is 4.78. The molecular weight excluding hydrogens is 413 g/mol. The Labute approximate surface area is 164 Å². The molecule has 0 saturated heterocycles. The topological polar surface area (TPSA) is 61.8 Å². The summed E-state index contributed by atoms with van der Waals surface area (Å²) in [5.41, 5.74) is 2.26. The summed E-state index contributed by atoms with van der Waals surface area (Å²) in [5.74, 6) is -1.40. The number of hydrogen-bond acceptors (Lipinski definition) is 3. The number of anilines is 2. The van der Waals surface area contributed by atoms with Crippen LogP contribution >= 0.6 is 15.9 Å². The lowest BCUT2D eigenvalue weighted by atomic mass is 10.1. The number of benzene rings is 2. The lowest BCUT2D eigenvalue weighted by Gasteiger charge is -2.24. The molecule has 1 aliphatic carbocycles. The summed E-state index contributed by atoms with van der Waals surface area (Å²) in [4.78, 5) is 31.8. The Morgan fingerprint density at radius 2 is 2.11 bits per heavy atom. The molecule has 1 N–H and O–H groups in total. The van der Waals surface area contributed by atoms with Gasteiger partial charge < -0.3 is 10.2 Å². The lowest BCUT2D eigenvalue weighted by Crippen LogP contribution is -2.41. The molecule has 27 heavy (non-hydrogen) atoms. The molecule has 0 aromatic heterocycles. The van der Waals surface area contributed by atoms with E-state index in [1.54, 1.807) is 12.1 Å². The summed E-state index contributed by atoms with van der Waals surface area (Å²) < 4.78 is 14.6. The van der Waals surface area contributed by atoms with Crippen LogP contribution in [0.4, 0.5) is 21.5 Å². The van der Waals surface area contributed by atoms with Gasteiger partial charge in [0, 0.05) is 10.2 Å². The van der Waals surface area contributed by atoms with Crippen LogP contribution in [0, 0.1) is 11.7 Å². The van der Waals surface area contributed by atoms with E-state index in [1.165, 1.54) is 17.0 Å². The normalized spacial score (nSPS) is 18.4. The minimum Gasteiger partial charge on any atom is -0.322 e. The van der Waals surface area contributed by atoms with Crippen LogP contribution in [0.2, 0.25) is 0 Å². The van der Waals surface area contributed by atoms with Crippen molar-refractivity contribution in [1.82, 2.24) is 0 Å². The van der Waals surface area contributed by atoms with Crippen LogP contribution in [0.15, 0.2) is 51.9 Å². The van der Waals surface area contributed by atoms with Gasteiger partial charge in [-0.15, -0.1) is 0 Å². The zero-order chi connectivity index (χ0) is 19.0. The number of amides is 2. The zero-order valence-corrected chi connectivity index (χ0v) is 16.0. The van der Waals surface area contributed by atoms with Crippen molar-refractivity contribution in [3.63, 3.8) is 0 Å². The zero-order valence-electron chi connectivity index (χ0n) is 14.4. The monoisotopic (exact) mass is 429 g/mol. The van der Waals surface area contributed by atoms with Crippen LogP contribution in [0.25, 0.3) is 0 Å². The Morgan fingerprint density at radius 1 is 1.30 bits per heavy atom. The second-order valence-electron chi connectivity index (χ2n) is 6.63. The number of fused-ring (bicyclic) bond motifs is 2. The van der Waals surface area contributed by atoms with Crippen molar-refractivity contribution in [2.75, 3.05) is 16.8 Å². The fraction of sp³-hybridized carbons (Fsp3) is 0.250. The van der Waals surface area contributed by atoms with Gasteiger partial charge in [-0.2, -0.15) is 0 Å². The van der Waals surface area contributed by atoms with Crippen molar-refractivity contribution >= 4 is 50.5 Å². The third-order valence-corrected chi connectivity index (χ3v) is 5.33. The number of nitrogens with one attached hydrogen (secondary N) is 1. The molecule has 5 nitrogen and oxygen atoms in total. The smallest absolute Gasteiger partial charge is 0.244 e. The van der Waals surface area contributed by atoms with E-state index in [-0.39, 0.29) is 24.1 Å². The molecule has 0 spiro atoms. The first-order chi connectivity index (χ1) is 13.0. The molecule has 138 valence electrons. The Hall–Kier alpha value is -2.54. The highest BCUT2D eigenvalue weighted by atomic mass is 79.9. The second-order valence-corrected chi connectivity index (χ2v) is 7.55. The summed E-state index contributed by atoms with van der Waals surface area (Å²) >= 11 is 3.18. The first-order valence-corrected chi connectivity index (χ1v) is 9.55. The summed E-state index contributed by atoms with van der Waals surface area (Å²) in [6.45, 7) is -0.190. The van der Waals surface area contributed by atoms with E-state index in [0.29, 0.717) is 15.8 Å². The number of rotatable bonds is 3. The average molecular weight is 430 g/mol. The molecule has 7 heteroatoms. The van der Waals surface area contributed by atoms with Crippen LogP contribution in [-0.4, -0.2) is 24.1 Å². The molecule has 2 aromatic rings. The van der Waals surface area contributed by atoms with Gasteiger partial charge in [0.15, 0.2) is 0 Å². The fourth-order valence-electron chi connectivity index (χ4n) is 3.56. The Morgan fingerprint density at radius 3 is 2.93 bits per heavy atom. The van der Waals surface area contributed by atoms with Crippen molar-refractivity contribution in [3.05, 3.63) is 52.8 Å². The number of carbonyl (C=O) groups is 2. The summed E-state index contributed by atoms with van der Waals surface area (Å²) in [6.07, 6.45) is 2.46. The molecule has 2 aromatic carbocycles. The van der Waals surface area contributed by atoms with Gasteiger partial charge >= 0.3 is 0 Å². The standard InChI is InChI=1S/C20H17BrFN3O2/c21-12-8-9-16(14(22)10-12)24-19(26)11-25-18-7-2-1-5-17(18)23-15-6-3-4-13(15)20(25)27/h1-2,5,7-10,13H,3-4,6,11H2,(H,24,26). The van der Waals surface area contributed by atoms with Gasteiger partial charge in [-0.25, -0.2) is 4.39 Å². The van der Waals surface area contributed by atoms with Crippen molar-refractivity contribution in [1.29, 1.82) is 0 Å². The largest absolute Gasteiger partial charge is 0.322 e. The molecule has 1 unspecified atom stereocenters. The predicted octanol–water partition coefficient (Wildman–Crippen LogP) is 4.45. The molecule has 0 bridgehead atoms. The van der Waals surface area contributed by atoms with Crippen LogP contribution in [-0.2, 0) is 9.59 Å². The molecule has 2 aliphatic rings. The van der Waals surface area contributed by atoms with Gasteiger partial charge in [-0.3, -0.25) is 14.6 Å². The van der Waals surface area contributed by atoms with E-state index in [0.717, 1.165) is 25.0 Å². The first-order valence-electron chi connectivity index (χ1n) is 8.75. The van der Waals surface area contributed by atoms with Gasteiger partial charge in [-0.05, 0) is 49.6 Å². The summed E-state index contributed by atoms with van der Waals surface area (Å²) in [7, 11) is 0. The van der Waals surface area contributed by atoms with Crippen LogP contribution in [0.3, 0.4) is 0 Å².